The van der Waals surface area contributed by atoms with Crippen molar-refractivity contribution in [1.82, 2.24) is 24.4 Å². The van der Waals surface area contributed by atoms with Gasteiger partial charge in [-0.2, -0.15) is 9.40 Å². The summed E-state index contributed by atoms with van der Waals surface area (Å²) in [4.78, 5) is 19.2. The third-order valence-electron chi connectivity index (χ3n) is 5.78. The first kappa shape index (κ1) is 24.7. The Kier molecular flexibility index (Phi) is 7.67. The number of amides is 1. The minimum atomic E-state index is -3.97. The van der Waals surface area contributed by atoms with Gasteiger partial charge in [0, 0.05) is 45.1 Å². The van der Waals surface area contributed by atoms with Crippen LogP contribution in [0.3, 0.4) is 0 Å². The highest BCUT2D eigenvalue weighted by Gasteiger charge is 2.35. The van der Waals surface area contributed by atoms with Crippen LogP contribution >= 0.6 is 0 Å². The van der Waals surface area contributed by atoms with E-state index in [9.17, 15) is 13.2 Å². The predicted molar refractivity (Wildman–Crippen MR) is 132 cm³/mol. The Hall–Kier alpha value is -3.44. The number of hydrogen-bond acceptors (Lipinski definition) is 7. The van der Waals surface area contributed by atoms with Crippen LogP contribution in [0.4, 0.5) is 5.69 Å². The molecular weight excluding hydrogens is 468 g/mol. The van der Waals surface area contributed by atoms with Gasteiger partial charge in [-0.3, -0.25) is 14.5 Å². The van der Waals surface area contributed by atoms with Crippen molar-refractivity contribution >= 4 is 21.6 Å². The summed E-state index contributed by atoms with van der Waals surface area (Å²) in [5.41, 5.74) is 1.65. The normalized spacial score (nSPS) is 14.6. The zero-order valence-corrected chi connectivity index (χ0v) is 20.7. The van der Waals surface area contributed by atoms with Crippen molar-refractivity contribution in [3.05, 3.63) is 66.1 Å². The first-order valence-electron chi connectivity index (χ1n) is 11.7. The van der Waals surface area contributed by atoms with Gasteiger partial charge in [0.05, 0.1) is 30.1 Å². The molecule has 0 aliphatic carbocycles. The number of anilines is 1. The number of nitrogens with zero attached hydrogens (tertiary/aromatic N) is 5. The number of aryl methyl sites for hydroxylation is 1. The van der Waals surface area contributed by atoms with E-state index in [0.29, 0.717) is 31.9 Å². The minimum absolute atomic E-state index is 0.0342. The summed E-state index contributed by atoms with van der Waals surface area (Å²) >= 11 is 0. The number of sulfonamides is 1. The van der Waals surface area contributed by atoms with Gasteiger partial charge in [0.2, 0.25) is 5.03 Å². The summed E-state index contributed by atoms with van der Waals surface area (Å²) < 4.78 is 35.7. The monoisotopic (exact) mass is 498 g/mol. The second kappa shape index (κ2) is 10.9. The van der Waals surface area contributed by atoms with Crippen molar-refractivity contribution in [1.29, 1.82) is 0 Å². The van der Waals surface area contributed by atoms with Crippen molar-refractivity contribution in [3.8, 4) is 5.75 Å². The van der Waals surface area contributed by atoms with Gasteiger partial charge in [0.15, 0.2) is 0 Å². The molecule has 186 valence electrons. The number of hydrogen-bond donors (Lipinski definition) is 1. The number of carbonyl (C=O) groups excluding carboxylic acids is 1. The van der Waals surface area contributed by atoms with E-state index < -0.39 is 15.9 Å². The van der Waals surface area contributed by atoms with E-state index in [0.717, 1.165) is 11.4 Å². The van der Waals surface area contributed by atoms with Crippen LogP contribution in [0.1, 0.15) is 29.9 Å². The average Bonchev–Trinajstić information content (AvgIpc) is 3.34. The second-order valence-electron chi connectivity index (χ2n) is 8.00. The third kappa shape index (κ3) is 5.46. The molecule has 1 aliphatic rings. The van der Waals surface area contributed by atoms with Gasteiger partial charge >= 0.3 is 0 Å². The Labute approximate surface area is 205 Å². The number of aromatic nitrogens is 3. The largest absolute Gasteiger partial charge is 0.492 e. The fourth-order valence-corrected chi connectivity index (χ4v) is 5.49. The van der Waals surface area contributed by atoms with Gasteiger partial charge in [-0.05, 0) is 38.1 Å². The number of rotatable bonds is 9. The number of piperazine rings is 1. The summed E-state index contributed by atoms with van der Waals surface area (Å²) in [5, 5.41) is 6.78. The third-order valence-corrected chi connectivity index (χ3v) is 7.62. The molecule has 35 heavy (non-hydrogen) atoms. The van der Waals surface area contributed by atoms with Crippen molar-refractivity contribution in [2.75, 3.05) is 37.7 Å². The van der Waals surface area contributed by atoms with E-state index >= 15 is 0 Å². The molecule has 0 radical (unpaired) electrons. The molecule has 1 amide bonds. The van der Waals surface area contributed by atoms with Crippen LogP contribution in [0.25, 0.3) is 0 Å². The van der Waals surface area contributed by atoms with E-state index in [2.05, 4.69) is 20.3 Å². The molecule has 0 atom stereocenters. The lowest BCUT2D eigenvalue weighted by atomic mass is 10.2. The molecule has 0 unspecified atom stereocenters. The molecule has 1 N–H and O–H groups in total. The smallest absolute Gasteiger partial charge is 0.263 e. The van der Waals surface area contributed by atoms with Crippen LogP contribution in [0.15, 0.2) is 59.9 Å². The molecule has 3 aromatic rings. The quantitative estimate of drug-likeness (QED) is 0.481. The highest BCUT2D eigenvalue weighted by Crippen LogP contribution is 2.30. The molecule has 0 saturated carbocycles. The van der Waals surface area contributed by atoms with Crippen molar-refractivity contribution in [2.45, 2.75) is 32.0 Å². The van der Waals surface area contributed by atoms with Gasteiger partial charge in [0.1, 0.15) is 5.75 Å². The predicted octanol–water partition coefficient (Wildman–Crippen LogP) is 2.14. The van der Waals surface area contributed by atoms with E-state index in [1.807, 2.05) is 44.2 Å². The number of nitrogens with one attached hydrogen (secondary N) is 1. The Morgan fingerprint density at radius 3 is 2.49 bits per heavy atom. The van der Waals surface area contributed by atoms with Gasteiger partial charge in [0.25, 0.3) is 15.9 Å². The van der Waals surface area contributed by atoms with Gasteiger partial charge in [-0.1, -0.05) is 18.2 Å². The second-order valence-corrected chi connectivity index (χ2v) is 9.85. The van der Waals surface area contributed by atoms with Gasteiger partial charge in [-0.15, -0.1) is 0 Å². The van der Waals surface area contributed by atoms with E-state index in [4.69, 9.17) is 4.74 Å². The van der Waals surface area contributed by atoms with Crippen molar-refractivity contribution in [2.24, 2.45) is 0 Å². The number of benzene rings is 1. The molecule has 2 aromatic heterocycles. The van der Waals surface area contributed by atoms with Crippen LogP contribution in [-0.2, 0) is 23.1 Å². The minimum Gasteiger partial charge on any atom is -0.492 e. The van der Waals surface area contributed by atoms with Crippen LogP contribution in [0.2, 0.25) is 0 Å². The van der Waals surface area contributed by atoms with Gasteiger partial charge < -0.3 is 15.0 Å². The maximum atomic E-state index is 13.5. The molecule has 11 heteroatoms. The number of para-hydroxylation sites is 2. The number of pyridine rings is 1. The molecule has 0 bridgehead atoms. The maximum Gasteiger partial charge on any atom is 0.263 e. The first-order valence-corrected chi connectivity index (χ1v) is 13.1. The number of carbonyl (C=O) groups is 1. The first-order chi connectivity index (χ1) is 16.9. The topological polar surface area (TPSA) is 110 Å². The van der Waals surface area contributed by atoms with E-state index in [1.54, 1.807) is 18.3 Å². The summed E-state index contributed by atoms with van der Waals surface area (Å²) in [6, 6.07) is 13.1. The fraction of sp³-hybridized carbons (Fsp3) is 0.375. The Balaban J connectivity index is 1.50. The Morgan fingerprint density at radius 1 is 1.06 bits per heavy atom. The molecule has 1 fully saturated rings. The molecule has 4 rings (SSSR count). The summed E-state index contributed by atoms with van der Waals surface area (Å²) in [7, 11) is -3.97. The molecule has 1 aromatic carbocycles. The highest BCUT2D eigenvalue weighted by molar-refractivity contribution is 7.89. The van der Waals surface area contributed by atoms with Crippen molar-refractivity contribution in [3.63, 3.8) is 0 Å². The average molecular weight is 499 g/mol. The summed E-state index contributed by atoms with van der Waals surface area (Å²) in [6.45, 7) is 6.50. The Bertz CT molecular complexity index is 1250. The molecule has 0 spiro atoms. The lowest BCUT2D eigenvalue weighted by Gasteiger charge is -2.35. The SMILES string of the molecule is CCOc1ccccc1N1CCN(S(=O)(=O)c2nn(CC)cc2C(=O)NCc2ccccn2)CC1. The summed E-state index contributed by atoms with van der Waals surface area (Å²) in [6.07, 6.45) is 3.12. The lowest BCUT2D eigenvalue weighted by molar-refractivity contribution is 0.0947. The van der Waals surface area contributed by atoms with Crippen LogP contribution in [-0.4, -0.2) is 66.2 Å². The van der Waals surface area contributed by atoms with Crippen LogP contribution < -0.4 is 15.0 Å². The zero-order valence-electron chi connectivity index (χ0n) is 19.9. The van der Waals surface area contributed by atoms with E-state index in [-0.39, 0.29) is 30.2 Å². The molecule has 1 aliphatic heterocycles. The zero-order chi connectivity index (χ0) is 24.8. The molecule has 1 saturated heterocycles. The Morgan fingerprint density at radius 2 is 1.80 bits per heavy atom. The highest BCUT2D eigenvalue weighted by atomic mass is 32.2. The standard InChI is InChI=1S/C24H30N6O4S/c1-3-29-18-20(23(31)26-17-19-9-7-8-12-25-19)24(27-29)35(32,33)30-15-13-28(14-16-30)21-10-5-6-11-22(21)34-4-2/h5-12,18H,3-4,13-17H2,1-2H3,(H,26,31). The van der Waals surface area contributed by atoms with Crippen LogP contribution in [0.5, 0.6) is 5.75 Å². The fourth-order valence-electron chi connectivity index (χ4n) is 3.97. The lowest BCUT2D eigenvalue weighted by Crippen LogP contribution is -2.49. The van der Waals surface area contributed by atoms with Crippen molar-refractivity contribution < 1.29 is 17.9 Å². The molecule has 10 nitrogen and oxygen atoms in total. The maximum absolute atomic E-state index is 13.5. The molecule has 3 heterocycles. The van der Waals surface area contributed by atoms with Crippen LogP contribution in [0, 0.1) is 0 Å². The molecular formula is C24H30N6O4S. The van der Waals surface area contributed by atoms with E-state index in [1.165, 1.54) is 15.2 Å². The van der Waals surface area contributed by atoms with Gasteiger partial charge in [-0.25, -0.2) is 8.42 Å². The number of ether oxygens (including phenoxy) is 1. The summed E-state index contributed by atoms with van der Waals surface area (Å²) in [5.74, 6) is 0.276.